The molecule has 4 atom stereocenters. The number of ether oxygens (including phenoxy) is 1. The zero-order valence-corrected chi connectivity index (χ0v) is 12.2. The molecule has 2 aliphatic rings. The number of esters is 1. The van der Waals surface area contributed by atoms with Crippen LogP contribution in [0.4, 0.5) is 0 Å². The van der Waals surface area contributed by atoms with Crippen molar-refractivity contribution < 1.29 is 14.6 Å². The van der Waals surface area contributed by atoms with E-state index < -0.39 is 0 Å². The quantitative estimate of drug-likeness (QED) is 0.822. The van der Waals surface area contributed by atoms with E-state index in [1.165, 1.54) is 7.11 Å². The minimum Gasteiger partial charge on any atom is -0.508 e. The second kappa shape index (κ2) is 6.02. The molecule has 0 saturated carbocycles. The van der Waals surface area contributed by atoms with Gasteiger partial charge in [0.15, 0.2) is 0 Å². The molecule has 0 amide bonds. The predicted molar refractivity (Wildman–Crippen MR) is 78.2 cm³/mol. The molecule has 2 bridgehead atoms. The molecule has 5 heteroatoms. The number of halogens is 1. The minimum atomic E-state index is -0.133. The van der Waals surface area contributed by atoms with Crippen molar-refractivity contribution >= 4 is 18.4 Å². The van der Waals surface area contributed by atoms with Crippen LogP contribution < -0.4 is 5.32 Å². The molecule has 4 nitrogen and oxygen atoms in total. The fraction of sp³-hybridized carbons (Fsp3) is 0.533. The Balaban J connectivity index is 0.00000147. The third-order valence-corrected chi connectivity index (χ3v) is 4.44. The van der Waals surface area contributed by atoms with E-state index in [2.05, 4.69) is 5.32 Å². The van der Waals surface area contributed by atoms with E-state index in [-0.39, 0.29) is 36.0 Å². The van der Waals surface area contributed by atoms with E-state index in [1.54, 1.807) is 12.1 Å². The number of nitrogens with one attached hydrogen (secondary N) is 1. The van der Waals surface area contributed by atoms with E-state index >= 15 is 0 Å². The summed E-state index contributed by atoms with van der Waals surface area (Å²) in [7, 11) is 1.45. The summed E-state index contributed by atoms with van der Waals surface area (Å²) >= 11 is 0. The number of fused-ring (bicyclic) bond motifs is 2. The molecule has 3 rings (SSSR count). The van der Waals surface area contributed by atoms with E-state index in [4.69, 9.17) is 4.74 Å². The summed E-state index contributed by atoms with van der Waals surface area (Å²) in [5.41, 5.74) is 1.02. The second-order valence-electron chi connectivity index (χ2n) is 5.53. The normalized spacial score (nSPS) is 31.4. The Morgan fingerprint density at radius 1 is 1.40 bits per heavy atom. The highest BCUT2D eigenvalue weighted by molar-refractivity contribution is 5.85. The number of rotatable bonds is 2. The van der Waals surface area contributed by atoms with Gasteiger partial charge in [-0.05, 0) is 37.0 Å². The zero-order chi connectivity index (χ0) is 13.4. The maximum atomic E-state index is 12.0. The van der Waals surface area contributed by atoms with Crippen LogP contribution in [-0.2, 0) is 9.53 Å². The van der Waals surface area contributed by atoms with Crippen molar-refractivity contribution in [3.8, 4) is 5.75 Å². The summed E-state index contributed by atoms with van der Waals surface area (Å²) in [5.74, 6) is 0.108. The summed E-state index contributed by atoms with van der Waals surface area (Å²) in [6, 6.07) is 7.98. The maximum Gasteiger partial charge on any atom is 0.309 e. The van der Waals surface area contributed by atoms with Crippen LogP contribution in [0.1, 0.15) is 30.7 Å². The summed E-state index contributed by atoms with van der Waals surface area (Å²) in [6.07, 6.45) is 3.02. The van der Waals surface area contributed by atoms with Crippen molar-refractivity contribution in [1.82, 2.24) is 5.32 Å². The predicted octanol–water partition coefficient (Wildman–Crippen LogP) is 2.21. The molecule has 2 fully saturated rings. The highest BCUT2D eigenvalue weighted by atomic mass is 35.5. The number of hydrogen-bond donors (Lipinski definition) is 2. The highest BCUT2D eigenvalue weighted by Gasteiger charge is 2.45. The zero-order valence-electron chi connectivity index (χ0n) is 11.4. The van der Waals surface area contributed by atoms with Gasteiger partial charge in [0.05, 0.1) is 13.0 Å². The summed E-state index contributed by atoms with van der Waals surface area (Å²) in [6.45, 7) is 0. The van der Waals surface area contributed by atoms with Gasteiger partial charge in [0.25, 0.3) is 0 Å². The molecular formula is C15H20ClNO3. The molecule has 0 aliphatic carbocycles. The van der Waals surface area contributed by atoms with Crippen molar-refractivity contribution in [3.63, 3.8) is 0 Å². The van der Waals surface area contributed by atoms with Crippen LogP contribution in [0.5, 0.6) is 5.75 Å². The fourth-order valence-electron chi connectivity index (χ4n) is 3.64. The molecule has 20 heavy (non-hydrogen) atoms. The van der Waals surface area contributed by atoms with Crippen molar-refractivity contribution in [2.45, 2.75) is 37.3 Å². The number of methoxy groups -OCH3 is 1. The third kappa shape index (κ3) is 2.63. The minimum absolute atomic E-state index is 0. The molecule has 2 saturated heterocycles. The Labute approximate surface area is 124 Å². The lowest BCUT2D eigenvalue weighted by atomic mass is 9.77. The smallest absolute Gasteiger partial charge is 0.309 e. The standard InChI is InChI=1S/C15H19NO3.ClH/c1-19-15(18)12-8-10-5-6-13(16-10)14(12)9-3-2-4-11(17)7-9;/h2-4,7,10,12-14,16-17H,5-6,8H2,1H3;1H/t10-,12+,13-,14+;/m1./s1. The van der Waals surface area contributed by atoms with Gasteiger partial charge >= 0.3 is 5.97 Å². The third-order valence-electron chi connectivity index (χ3n) is 4.44. The average Bonchev–Trinajstić information content (AvgIpc) is 2.79. The summed E-state index contributed by atoms with van der Waals surface area (Å²) < 4.78 is 4.97. The van der Waals surface area contributed by atoms with Gasteiger partial charge in [0.1, 0.15) is 5.75 Å². The summed E-state index contributed by atoms with van der Waals surface area (Å²) in [5, 5.41) is 13.2. The van der Waals surface area contributed by atoms with E-state index in [0.29, 0.717) is 12.1 Å². The topological polar surface area (TPSA) is 58.6 Å². The Morgan fingerprint density at radius 3 is 2.90 bits per heavy atom. The lowest BCUT2D eigenvalue weighted by Crippen LogP contribution is -2.46. The number of piperidine rings is 1. The largest absolute Gasteiger partial charge is 0.508 e. The number of hydrogen-bond acceptors (Lipinski definition) is 4. The van der Waals surface area contributed by atoms with E-state index in [0.717, 1.165) is 24.8 Å². The number of benzene rings is 1. The average molecular weight is 298 g/mol. The van der Waals surface area contributed by atoms with Gasteiger partial charge in [0.2, 0.25) is 0 Å². The van der Waals surface area contributed by atoms with Crippen LogP contribution in [-0.4, -0.2) is 30.3 Å². The Morgan fingerprint density at radius 2 is 2.20 bits per heavy atom. The Hall–Kier alpha value is -1.26. The molecule has 0 unspecified atom stereocenters. The summed E-state index contributed by atoms with van der Waals surface area (Å²) in [4.78, 5) is 12.0. The highest BCUT2D eigenvalue weighted by Crippen LogP contribution is 2.43. The lowest BCUT2D eigenvalue weighted by molar-refractivity contribution is -0.147. The number of aromatic hydroxyl groups is 1. The van der Waals surface area contributed by atoms with Crippen molar-refractivity contribution in [3.05, 3.63) is 29.8 Å². The number of phenolic OH excluding ortho intramolecular Hbond substituents is 1. The van der Waals surface area contributed by atoms with Crippen LogP contribution in [0.2, 0.25) is 0 Å². The van der Waals surface area contributed by atoms with Gasteiger partial charge in [-0.15, -0.1) is 12.4 Å². The molecule has 2 N–H and O–H groups in total. The van der Waals surface area contributed by atoms with Gasteiger partial charge < -0.3 is 15.2 Å². The first-order chi connectivity index (χ1) is 9.19. The van der Waals surface area contributed by atoms with Crippen molar-refractivity contribution in [2.24, 2.45) is 5.92 Å². The number of carbonyl (C=O) groups is 1. The van der Waals surface area contributed by atoms with Gasteiger partial charge in [-0.3, -0.25) is 4.79 Å². The van der Waals surface area contributed by atoms with Crippen LogP contribution in [0.3, 0.4) is 0 Å². The second-order valence-corrected chi connectivity index (χ2v) is 5.53. The Bertz CT molecular complexity index is 494. The van der Waals surface area contributed by atoms with Gasteiger partial charge in [-0.1, -0.05) is 12.1 Å². The van der Waals surface area contributed by atoms with Gasteiger partial charge in [0, 0.05) is 18.0 Å². The first-order valence-electron chi connectivity index (χ1n) is 6.82. The van der Waals surface area contributed by atoms with Crippen LogP contribution in [0, 0.1) is 5.92 Å². The van der Waals surface area contributed by atoms with Gasteiger partial charge in [-0.2, -0.15) is 0 Å². The van der Waals surface area contributed by atoms with Gasteiger partial charge in [-0.25, -0.2) is 0 Å². The molecule has 1 aromatic rings. The van der Waals surface area contributed by atoms with E-state index in [1.807, 2.05) is 12.1 Å². The fourth-order valence-corrected chi connectivity index (χ4v) is 3.64. The van der Waals surface area contributed by atoms with Crippen LogP contribution >= 0.6 is 12.4 Å². The first-order valence-corrected chi connectivity index (χ1v) is 6.82. The Kier molecular flexibility index (Phi) is 4.55. The molecular weight excluding hydrogens is 278 g/mol. The molecule has 2 heterocycles. The van der Waals surface area contributed by atoms with Crippen LogP contribution in [0.15, 0.2) is 24.3 Å². The maximum absolute atomic E-state index is 12.0. The molecule has 2 aliphatic heterocycles. The molecule has 110 valence electrons. The van der Waals surface area contributed by atoms with E-state index in [9.17, 15) is 9.90 Å². The first kappa shape index (κ1) is 15.1. The van der Waals surface area contributed by atoms with Crippen molar-refractivity contribution in [1.29, 1.82) is 0 Å². The molecule has 1 aromatic carbocycles. The number of carbonyl (C=O) groups excluding carboxylic acids is 1. The van der Waals surface area contributed by atoms with Crippen LogP contribution in [0.25, 0.3) is 0 Å². The lowest BCUT2D eigenvalue weighted by Gasteiger charge is -2.36. The molecule has 0 aromatic heterocycles. The molecule has 0 radical (unpaired) electrons. The number of phenols is 1. The monoisotopic (exact) mass is 297 g/mol. The molecule has 0 spiro atoms. The SMILES string of the molecule is COC(=O)[C@H]1C[C@H]2CC[C@@H](N2)[C@H]1c1cccc(O)c1.Cl. The van der Waals surface area contributed by atoms with Crippen molar-refractivity contribution in [2.75, 3.05) is 7.11 Å².